The van der Waals surface area contributed by atoms with Gasteiger partial charge in [-0.1, -0.05) is 31.6 Å². The van der Waals surface area contributed by atoms with Gasteiger partial charge in [-0.25, -0.2) is 17.6 Å². The summed E-state index contributed by atoms with van der Waals surface area (Å²) < 4.78 is 56.8. The Balaban J connectivity index is 1.69. The molecule has 0 unspecified atom stereocenters. The zero-order valence-corrected chi connectivity index (χ0v) is 15.4. The minimum absolute atomic E-state index is 0.0471. The van der Waals surface area contributed by atoms with E-state index in [2.05, 4.69) is 0 Å². The Morgan fingerprint density at radius 2 is 1.65 bits per heavy atom. The van der Waals surface area contributed by atoms with Gasteiger partial charge in [-0.15, -0.1) is 0 Å². The third kappa shape index (κ3) is 3.60. The molecule has 142 valence electrons. The topological polar surface area (TPSA) is 0 Å². The summed E-state index contributed by atoms with van der Waals surface area (Å²) >= 11 is 0. The molecule has 0 aromatic heterocycles. The minimum Gasteiger partial charge on any atom is -0.208 e. The summed E-state index contributed by atoms with van der Waals surface area (Å²) in [5.41, 5.74) is 1.23. The highest BCUT2D eigenvalue weighted by atomic mass is 19.2. The highest BCUT2D eigenvalue weighted by Crippen LogP contribution is 2.45. The van der Waals surface area contributed by atoms with Crippen molar-refractivity contribution < 1.29 is 17.6 Å². The maximum Gasteiger partial charge on any atom is 0.162 e. The molecule has 1 atom stereocenters. The normalized spacial score (nSPS) is 26.8. The molecule has 1 fully saturated rings. The van der Waals surface area contributed by atoms with Crippen LogP contribution in [0.4, 0.5) is 17.6 Å². The first-order valence-corrected chi connectivity index (χ1v) is 9.63. The number of allylic oxidation sites excluding steroid dienone is 4. The van der Waals surface area contributed by atoms with E-state index in [0.717, 1.165) is 6.42 Å². The molecule has 2 aliphatic carbocycles. The van der Waals surface area contributed by atoms with Crippen molar-refractivity contribution in [2.75, 3.05) is 0 Å². The number of benzene rings is 1. The lowest BCUT2D eigenvalue weighted by molar-refractivity contribution is 0.224. The SMILES string of the molecule is CCCc1ccc(C2CCC([C@@H]3CC=C(C)C(F)=C3F)CC2)c(F)c1F. The average molecular weight is 366 g/mol. The van der Waals surface area contributed by atoms with Crippen molar-refractivity contribution in [1.82, 2.24) is 0 Å². The molecular weight excluding hydrogens is 340 g/mol. The van der Waals surface area contributed by atoms with E-state index in [1.807, 2.05) is 6.92 Å². The van der Waals surface area contributed by atoms with Gasteiger partial charge in [0.2, 0.25) is 0 Å². The van der Waals surface area contributed by atoms with E-state index in [-0.39, 0.29) is 11.8 Å². The van der Waals surface area contributed by atoms with E-state index in [9.17, 15) is 17.6 Å². The van der Waals surface area contributed by atoms with Crippen molar-refractivity contribution in [3.05, 3.63) is 58.2 Å². The minimum atomic E-state index is -0.729. The van der Waals surface area contributed by atoms with E-state index in [1.54, 1.807) is 25.1 Å². The molecule has 0 saturated heterocycles. The third-order valence-corrected chi connectivity index (χ3v) is 6.05. The fraction of sp³-hybridized carbons (Fsp3) is 0.545. The van der Waals surface area contributed by atoms with Crippen LogP contribution in [0.25, 0.3) is 0 Å². The molecule has 0 aliphatic heterocycles. The van der Waals surface area contributed by atoms with Crippen molar-refractivity contribution >= 4 is 0 Å². The summed E-state index contributed by atoms with van der Waals surface area (Å²) in [4.78, 5) is 0. The van der Waals surface area contributed by atoms with Gasteiger partial charge in [0, 0.05) is 5.92 Å². The molecule has 0 N–H and O–H groups in total. The highest BCUT2D eigenvalue weighted by molar-refractivity contribution is 5.32. The van der Waals surface area contributed by atoms with Gasteiger partial charge in [-0.05, 0) is 74.0 Å². The van der Waals surface area contributed by atoms with Crippen LogP contribution in [0.5, 0.6) is 0 Å². The van der Waals surface area contributed by atoms with Crippen LogP contribution in [0.2, 0.25) is 0 Å². The second-order valence-corrected chi connectivity index (χ2v) is 7.69. The fourth-order valence-electron chi connectivity index (χ4n) is 4.46. The molecule has 1 aromatic rings. The van der Waals surface area contributed by atoms with Gasteiger partial charge in [-0.3, -0.25) is 0 Å². The average Bonchev–Trinajstić information content (AvgIpc) is 2.64. The molecule has 3 rings (SSSR count). The van der Waals surface area contributed by atoms with E-state index in [0.29, 0.717) is 55.2 Å². The van der Waals surface area contributed by atoms with Gasteiger partial charge < -0.3 is 0 Å². The summed E-state index contributed by atoms with van der Waals surface area (Å²) in [6.07, 6.45) is 6.37. The van der Waals surface area contributed by atoms with Gasteiger partial charge in [-0.2, -0.15) is 0 Å². The van der Waals surface area contributed by atoms with Crippen LogP contribution < -0.4 is 0 Å². The zero-order chi connectivity index (χ0) is 18.8. The van der Waals surface area contributed by atoms with E-state index in [4.69, 9.17) is 0 Å². The van der Waals surface area contributed by atoms with Gasteiger partial charge in [0.1, 0.15) is 5.83 Å². The van der Waals surface area contributed by atoms with Crippen LogP contribution >= 0.6 is 0 Å². The number of rotatable bonds is 4. The first-order chi connectivity index (χ1) is 12.4. The summed E-state index contributed by atoms with van der Waals surface area (Å²) in [6, 6.07) is 3.40. The van der Waals surface area contributed by atoms with Crippen molar-refractivity contribution in [1.29, 1.82) is 0 Å². The van der Waals surface area contributed by atoms with Gasteiger partial charge >= 0.3 is 0 Å². The van der Waals surface area contributed by atoms with Crippen LogP contribution in [0.1, 0.15) is 69.4 Å². The van der Waals surface area contributed by atoms with Crippen LogP contribution in [0, 0.1) is 23.5 Å². The van der Waals surface area contributed by atoms with Crippen molar-refractivity contribution in [3.8, 4) is 0 Å². The monoisotopic (exact) mass is 366 g/mol. The van der Waals surface area contributed by atoms with Crippen LogP contribution in [0.15, 0.2) is 35.4 Å². The number of hydrogen-bond donors (Lipinski definition) is 0. The molecule has 0 nitrogen and oxygen atoms in total. The molecule has 4 heteroatoms. The molecule has 0 amide bonds. The second kappa shape index (κ2) is 7.98. The Morgan fingerprint density at radius 1 is 0.962 bits per heavy atom. The molecule has 1 saturated carbocycles. The van der Waals surface area contributed by atoms with Gasteiger partial charge in [0.25, 0.3) is 0 Å². The molecule has 0 bridgehead atoms. The number of hydrogen-bond acceptors (Lipinski definition) is 0. The molecule has 0 heterocycles. The maximum absolute atomic E-state index is 14.5. The fourth-order valence-corrected chi connectivity index (χ4v) is 4.46. The lowest BCUT2D eigenvalue weighted by Gasteiger charge is -2.34. The zero-order valence-electron chi connectivity index (χ0n) is 15.4. The summed E-state index contributed by atoms with van der Waals surface area (Å²) in [5.74, 6) is -3.20. The Labute approximate surface area is 153 Å². The predicted molar refractivity (Wildman–Crippen MR) is 96.2 cm³/mol. The first-order valence-electron chi connectivity index (χ1n) is 9.63. The highest BCUT2D eigenvalue weighted by Gasteiger charge is 2.34. The van der Waals surface area contributed by atoms with E-state index in [1.165, 1.54) is 0 Å². The van der Waals surface area contributed by atoms with Crippen molar-refractivity contribution in [2.24, 2.45) is 11.8 Å². The standard InChI is InChI=1S/C22H26F4/c1-3-4-16-10-12-18(22(26)20(16)24)15-8-6-14(7-9-15)17-11-5-13(2)19(23)21(17)25/h5,10,12,14-15,17H,3-4,6-9,11H2,1-2H3/t14?,15?,17-/m0/s1. The van der Waals surface area contributed by atoms with Crippen LogP contribution in [-0.2, 0) is 6.42 Å². The quantitative estimate of drug-likeness (QED) is 0.490. The van der Waals surface area contributed by atoms with Crippen molar-refractivity contribution in [2.45, 2.75) is 64.7 Å². The lowest BCUT2D eigenvalue weighted by atomic mass is 9.71. The molecule has 2 aliphatic rings. The van der Waals surface area contributed by atoms with Gasteiger partial charge in [0.15, 0.2) is 17.5 Å². The summed E-state index contributed by atoms with van der Waals surface area (Å²) in [7, 11) is 0. The molecule has 26 heavy (non-hydrogen) atoms. The Hall–Kier alpha value is -1.58. The van der Waals surface area contributed by atoms with E-state index >= 15 is 0 Å². The largest absolute Gasteiger partial charge is 0.208 e. The maximum atomic E-state index is 14.5. The molecule has 0 radical (unpaired) electrons. The first kappa shape index (κ1) is 19.2. The number of aryl methyl sites for hydroxylation is 1. The lowest BCUT2D eigenvalue weighted by Crippen LogP contribution is -2.24. The Bertz CT molecular complexity index is 724. The number of halogens is 4. The smallest absolute Gasteiger partial charge is 0.162 e. The van der Waals surface area contributed by atoms with Crippen molar-refractivity contribution in [3.63, 3.8) is 0 Å². The molecule has 0 spiro atoms. The molecular formula is C22H26F4. The summed E-state index contributed by atoms with van der Waals surface area (Å²) in [5, 5.41) is 0. The van der Waals surface area contributed by atoms with E-state index < -0.39 is 29.2 Å². The summed E-state index contributed by atoms with van der Waals surface area (Å²) in [6.45, 7) is 3.52. The molecule has 1 aromatic carbocycles. The Kier molecular flexibility index (Phi) is 5.89. The van der Waals surface area contributed by atoms with Gasteiger partial charge in [0.05, 0.1) is 0 Å². The second-order valence-electron chi connectivity index (χ2n) is 7.69. The predicted octanol–water partition coefficient (Wildman–Crippen LogP) is 7.31. The third-order valence-electron chi connectivity index (χ3n) is 6.05. The Morgan fingerprint density at radius 3 is 2.31 bits per heavy atom. The van der Waals surface area contributed by atoms with Crippen LogP contribution in [-0.4, -0.2) is 0 Å². The van der Waals surface area contributed by atoms with Crippen LogP contribution in [0.3, 0.4) is 0 Å².